The Morgan fingerprint density at radius 2 is 1.86 bits per heavy atom. The number of benzene rings is 2. The van der Waals surface area contributed by atoms with Gasteiger partial charge in [0.2, 0.25) is 0 Å². The molecule has 0 heterocycles. The van der Waals surface area contributed by atoms with Gasteiger partial charge in [-0.15, -0.1) is 0 Å². The second-order valence-corrected chi connectivity index (χ2v) is 5.14. The van der Waals surface area contributed by atoms with Crippen molar-refractivity contribution in [1.82, 2.24) is 5.32 Å². The maximum absolute atomic E-state index is 12.2. The van der Waals surface area contributed by atoms with E-state index in [9.17, 15) is 4.79 Å². The van der Waals surface area contributed by atoms with Crippen LogP contribution in [0.5, 0.6) is 0 Å². The number of aryl methyl sites for hydroxylation is 2. The molecular formula is C18H22N2O. The van der Waals surface area contributed by atoms with Crippen LogP contribution in [0, 0.1) is 6.92 Å². The summed E-state index contributed by atoms with van der Waals surface area (Å²) in [6.07, 6.45) is 1.92. The monoisotopic (exact) mass is 282 g/mol. The van der Waals surface area contributed by atoms with Crippen LogP contribution in [0.2, 0.25) is 0 Å². The zero-order valence-electron chi connectivity index (χ0n) is 12.6. The van der Waals surface area contributed by atoms with Crippen molar-refractivity contribution in [3.63, 3.8) is 0 Å². The molecule has 0 spiro atoms. The molecule has 0 radical (unpaired) electrons. The van der Waals surface area contributed by atoms with Crippen molar-refractivity contribution in [2.24, 2.45) is 0 Å². The first-order chi connectivity index (χ1) is 10.2. The van der Waals surface area contributed by atoms with Crippen molar-refractivity contribution < 1.29 is 4.79 Å². The first kappa shape index (κ1) is 15.1. The van der Waals surface area contributed by atoms with E-state index in [-0.39, 0.29) is 5.91 Å². The molecule has 1 amide bonds. The van der Waals surface area contributed by atoms with E-state index in [1.165, 1.54) is 5.56 Å². The zero-order chi connectivity index (χ0) is 15.1. The lowest BCUT2D eigenvalue weighted by Crippen LogP contribution is -2.25. The van der Waals surface area contributed by atoms with Crippen LogP contribution >= 0.6 is 0 Å². The molecule has 0 aliphatic rings. The highest BCUT2D eigenvalue weighted by atomic mass is 16.1. The summed E-state index contributed by atoms with van der Waals surface area (Å²) >= 11 is 0. The molecule has 2 rings (SSSR count). The molecule has 0 aromatic heterocycles. The third kappa shape index (κ3) is 4.35. The maximum atomic E-state index is 12.2. The average molecular weight is 282 g/mol. The number of anilines is 1. The van der Waals surface area contributed by atoms with Crippen LogP contribution in [-0.2, 0) is 6.42 Å². The summed E-state index contributed by atoms with van der Waals surface area (Å²) in [5.41, 5.74) is 4.01. The van der Waals surface area contributed by atoms with E-state index >= 15 is 0 Å². The molecule has 0 aliphatic carbocycles. The summed E-state index contributed by atoms with van der Waals surface area (Å²) in [6, 6.07) is 16.1. The Balaban J connectivity index is 1.85. The van der Waals surface area contributed by atoms with Crippen molar-refractivity contribution >= 4 is 11.6 Å². The largest absolute Gasteiger partial charge is 0.387 e. The number of hydrogen-bond donors (Lipinski definition) is 2. The van der Waals surface area contributed by atoms with E-state index in [4.69, 9.17) is 0 Å². The standard InChI is InChI=1S/C18H22N2O/c1-14-10-11-16(17(13-14)19-2)18(21)20-12-6-9-15-7-4-3-5-8-15/h3-5,7-8,10-11,13,19H,6,9,12H2,1-2H3,(H,20,21). The van der Waals surface area contributed by atoms with Gasteiger partial charge in [0.05, 0.1) is 5.56 Å². The summed E-state index contributed by atoms with van der Waals surface area (Å²) in [5.74, 6) is -0.0209. The molecule has 21 heavy (non-hydrogen) atoms. The predicted molar refractivity (Wildman–Crippen MR) is 87.8 cm³/mol. The Kier molecular flexibility index (Phi) is 5.38. The second kappa shape index (κ2) is 7.48. The molecule has 0 atom stereocenters. The number of nitrogens with one attached hydrogen (secondary N) is 2. The zero-order valence-corrected chi connectivity index (χ0v) is 12.6. The number of rotatable bonds is 6. The Morgan fingerprint density at radius 3 is 2.57 bits per heavy atom. The summed E-state index contributed by atoms with van der Waals surface area (Å²) < 4.78 is 0. The van der Waals surface area contributed by atoms with Gasteiger partial charge in [-0.1, -0.05) is 36.4 Å². The predicted octanol–water partition coefficient (Wildman–Crippen LogP) is 3.40. The van der Waals surface area contributed by atoms with Crippen LogP contribution in [-0.4, -0.2) is 19.5 Å². The molecule has 0 saturated heterocycles. The quantitative estimate of drug-likeness (QED) is 0.797. The molecule has 0 bridgehead atoms. The Morgan fingerprint density at radius 1 is 1.10 bits per heavy atom. The van der Waals surface area contributed by atoms with Gasteiger partial charge >= 0.3 is 0 Å². The van der Waals surface area contributed by atoms with Gasteiger partial charge < -0.3 is 10.6 Å². The fourth-order valence-corrected chi connectivity index (χ4v) is 2.30. The molecular weight excluding hydrogens is 260 g/mol. The minimum Gasteiger partial charge on any atom is -0.387 e. The van der Waals surface area contributed by atoms with Crippen LogP contribution < -0.4 is 10.6 Å². The first-order valence-corrected chi connectivity index (χ1v) is 7.31. The smallest absolute Gasteiger partial charge is 0.253 e. The Bertz CT molecular complexity index is 593. The van der Waals surface area contributed by atoms with Gasteiger partial charge in [0.1, 0.15) is 0 Å². The molecule has 0 unspecified atom stereocenters. The summed E-state index contributed by atoms with van der Waals surface area (Å²) in [5, 5.41) is 6.06. The van der Waals surface area contributed by atoms with Crippen LogP contribution in [0.4, 0.5) is 5.69 Å². The molecule has 3 nitrogen and oxygen atoms in total. The topological polar surface area (TPSA) is 41.1 Å². The number of hydrogen-bond acceptors (Lipinski definition) is 2. The van der Waals surface area contributed by atoms with Crippen LogP contribution in [0.15, 0.2) is 48.5 Å². The van der Waals surface area contributed by atoms with Crippen molar-refractivity contribution in [2.45, 2.75) is 19.8 Å². The first-order valence-electron chi connectivity index (χ1n) is 7.31. The average Bonchev–Trinajstić information content (AvgIpc) is 2.52. The lowest BCUT2D eigenvalue weighted by Gasteiger charge is -2.10. The van der Waals surface area contributed by atoms with Gasteiger partial charge in [-0.25, -0.2) is 0 Å². The highest BCUT2D eigenvalue weighted by molar-refractivity contribution is 5.99. The Labute approximate surface area is 126 Å². The van der Waals surface area contributed by atoms with E-state index in [1.54, 1.807) is 0 Å². The van der Waals surface area contributed by atoms with Gasteiger partial charge in [0.15, 0.2) is 0 Å². The van der Waals surface area contributed by atoms with Crippen molar-refractivity contribution in [3.05, 3.63) is 65.2 Å². The maximum Gasteiger partial charge on any atom is 0.253 e. The molecule has 0 aliphatic heterocycles. The van der Waals surface area contributed by atoms with Crippen molar-refractivity contribution in [1.29, 1.82) is 0 Å². The molecule has 0 fully saturated rings. The molecule has 2 N–H and O–H groups in total. The van der Waals surface area contributed by atoms with E-state index in [2.05, 4.69) is 22.8 Å². The van der Waals surface area contributed by atoms with Crippen LogP contribution in [0.25, 0.3) is 0 Å². The normalized spacial score (nSPS) is 10.2. The minimum absolute atomic E-state index is 0.0209. The summed E-state index contributed by atoms with van der Waals surface area (Å²) in [4.78, 5) is 12.2. The highest BCUT2D eigenvalue weighted by Gasteiger charge is 2.09. The van der Waals surface area contributed by atoms with E-state index in [0.29, 0.717) is 12.1 Å². The van der Waals surface area contributed by atoms with Gasteiger partial charge in [-0.2, -0.15) is 0 Å². The fraction of sp³-hybridized carbons (Fsp3) is 0.278. The van der Waals surface area contributed by atoms with Gasteiger partial charge in [0, 0.05) is 19.3 Å². The molecule has 110 valence electrons. The van der Waals surface area contributed by atoms with E-state index < -0.39 is 0 Å². The number of carbonyl (C=O) groups is 1. The minimum atomic E-state index is -0.0209. The van der Waals surface area contributed by atoms with Crippen molar-refractivity contribution in [2.75, 3.05) is 18.9 Å². The molecule has 3 heteroatoms. The number of carbonyl (C=O) groups excluding carboxylic acids is 1. The fourth-order valence-electron chi connectivity index (χ4n) is 2.30. The van der Waals surface area contributed by atoms with E-state index in [1.807, 2.05) is 50.4 Å². The summed E-state index contributed by atoms with van der Waals surface area (Å²) in [7, 11) is 1.83. The molecule has 2 aromatic rings. The second-order valence-electron chi connectivity index (χ2n) is 5.14. The molecule has 0 saturated carbocycles. The van der Waals surface area contributed by atoms with Crippen molar-refractivity contribution in [3.8, 4) is 0 Å². The third-order valence-corrected chi connectivity index (χ3v) is 3.46. The van der Waals surface area contributed by atoms with Crippen LogP contribution in [0.3, 0.4) is 0 Å². The highest BCUT2D eigenvalue weighted by Crippen LogP contribution is 2.16. The third-order valence-electron chi connectivity index (χ3n) is 3.46. The van der Waals surface area contributed by atoms with Gasteiger partial charge in [-0.05, 0) is 43.0 Å². The number of amides is 1. The van der Waals surface area contributed by atoms with Crippen LogP contribution in [0.1, 0.15) is 27.9 Å². The van der Waals surface area contributed by atoms with Gasteiger partial charge in [0.25, 0.3) is 5.91 Å². The summed E-state index contributed by atoms with van der Waals surface area (Å²) in [6.45, 7) is 2.70. The lowest BCUT2D eigenvalue weighted by atomic mass is 10.1. The lowest BCUT2D eigenvalue weighted by molar-refractivity contribution is 0.0954. The SMILES string of the molecule is CNc1cc(C)ccc1C(=O)NCCCc1ccccc1. The van der Waals surface area contributed by atoms with Gasteiger partial charge in [-0.3, -0.25) is 4.79 Å². The Hall–Kier alpha value is -2.29. The molecule has 2 aromatic carbocycles. The van der Waals surface area contributed by atoms with E-state index in [0.717, 1.165) is 24.1 Å².